The normalized spacial score (nSPS) is 10.6. The average Bonchev–Trinajstić information content (AvgIpc) is 3.14. The maximum Gasteiger partial charge on any atom is 0.248 e. The van der Waals surface area contributed by atoms with Crippen molar-refractivity contribution in [2.75, 3.05) is 0 Å². The van der Waals surface area contributed by atoms with Crippen LogP contribution < -0.4 is 11.1 Å². The molecule has 27 heavy (non-hydrogen) atoms. The highest BCUT2D eigenvalue weighted by Crippen LogP contribution is 2.19. The van der Waals surface area contributed by atoms with E-state index in [2.05, 4.69) is 15.5 Å². The first kappa shape index (κ1) is 18.6. The number of carbonyl (C=O) groups excluding carboxylic acids is 2. The van der Waals surface area contributed by atoms with Crippen LogP contribution >= 0.6 is 11.6 Å². The lowest BCUT2D eigenvalue weighted by Gasteiger charge is -2.05. The molecule has 0 atom stereocenters. The van der Waals surface area contributed by atoms with E-state index >= 15 is 0 Å². The van der Waals surface area contributed by atoms with Crippen molar-refractivity contribution in [2.45, 2.75) is 19.4 Å². The summed E-state index contributed by atoms with van der Waals surface area (Å²) in [6.07, 6.45) is 0.533. The second kappa shape index (κ2) is 8.46. The van der Waals surface area contributed by atoms with Gasteiger partial charge in [-0.1, -0.05) is 28.9 Å². The van der Waals surface area contributed by atoms with Crippen molar-refractivity contribution >= 4 is 23.4 Å². The quantitative estimate of drug-likeness (QED) is 0.650. The molecule has 2 amide bonds. The van der Waals surface area contributed by atoms with Gasteiger partial charge in [0.1, 0.15) is 0 Å². The minimum absolute atomic E-state index is 0.161. The molecule has 0 unspecified atom stereocenters. The van der Waals surface area contributed by atoms with Gasteiger partial charge >= 0.3 is 0 Å². The lowest BCUT2D eigenvalue weighted by Crippen LogP contribution is -2.23. The highest BCUT2D eigenvalue weighted by atomic mass is 35.5. The highest BCUT2D eigenvalue weighted by Gasteiger charge is 2.11. The van der Waals surface area contributed by atoms with Crippen LogP contribution in [0, 0.1) is 0 Å². The van der Waals surface area contributed by atoms with Gasteiger partial charge in [-0.15, -0.1) is 0 Å². The van der Waals surface area contributed by atoms with Crippen LogP contribution in [-0.2, 0) is 17.8 Å². The molecule has 0 radical (unpaired) electrons. The first-order valence-corrected chi connectivity index (χ1v) is 8.63. The van der Waals surface area contributed by atoms with E-state index in [0.29, 0.717) is 35.3 Å². The number of amides is 2. The smallest absolute Gasteiger partial charge is 0.248 e. The molecule has 138 valence electrons. The van der Waals surface area contributed by atoms with Gasteiger partial charge in [0.15, 0.2) is 0 Å². The van der Waals surface area contributed by atoms with Gasteiger partial charge in [0.05, 0.1) is 0 Å². The number of nitrogens with zero attached hydrogens (tertiary/aromatic N) is 2. The van der Waals surface area contributed by atoms with Crippen molar-refractivity contribution in [3.05, 3.63) is 70.6 Å². The molecule has 0 bridgehead atoms. The molecule has 0 saturated heterocycles. The van der Waals surface area contributed by atoms with E-state index in [9.17, 15) is 9.59 Å². The number of nitrogens with two attached hydrogens (primary N) is 1. The molecule has 2 aromatic carbocycles. The maximum absolute atomic E-state index is 12.0. The first-order chi connectivity index (χ1) is 13.0. The molecule has 1 aromatic heterocycles. The highest BCUT2D eigenvalue weighted by molar-refractivity contribution is 6.30. The van der Waals surface area contributed by atoms with Crippen LogP contribution in [0.25, 0.3) is 11.4 Å². The van der Waals surface area contributed by atoms with Crippen LogP contribution in [0.5, 0.6) is 0 Å². The Bertz CT molecular complexity index is 954. The van der Waals surface area contributed by atoms with E-state index < -0.39 is 5.91 Å². The monoisotopic (exact) mass is 384 g/mol. The van der Waals surface area contributed by atoms with Crippen molar-refractivity contribution in [1.82, 2.24) is 15.5 Å². The number of hydrogen-bond acceptors (Lipinski definition) is 5. The Hall–Kier alpha value is -3.19. The Balaban J connectivity index is 1.50. The Labute approximate surface area is 160 Å². The fourth-order valence-corrected chi connectivity index (χ4v) is 2.54. The van der Waals surface area contributed by atoms with Gasteiger partial charge in [0.25, 0.3) is 0 Å². The van der Waals surface area contributed by atoms with Crippen molar-refractivity contribution in [2.24, 2.45) is 5.73 Å². The number of halogens is 1. The number of benzene rings is 2. The number of carbonyl (C=O) groups is 2. The van der Waals surface area contributed by atoms with Crippen LogP contribution in [-0.4, -0.2) is 22.0 Å². The molecule has 8 heteroatoms. The summed E-state index contributed by atoms with van der Waals surface area (Å²) in [5, 5.41) is 7.32. The lowest BCUT2D eigenvalue weighted by molar-refractivity contribution is -0.121. The largest absolute Gasteiger partial charge is 0.366 e. The summed E-state index contributed by atoms with van der Waals surface area (Å²) in [7, 11) is 0. The lowest BCUT2D eigenvalue weighted by atomic mass is 10.1. The van der Waals surface area contributed by atoms with Crippen LogP contribution in [0.3, 0.4) is 0 Å². The van der Waals surface area contributed by atoms with Crippen LogP contribution in [0.4, 0.5) is 0 Å². The number of rotatable bonds is 7. The maximum atomic E-state index is 12.0. The third-order valence-corrected chi connectivity index (χ3v) is 4.09. The number of hydrogen-bond donors (Lipinski definition) is 2. The summed E-state index contributed by atoms with van der Waals surface area (Å²) in [5.41, 5.74) is 7.23. The molecular weight excluding hydrogens is 368 g/mol. The molecule has 3 aromatic rings. The van der Waals surface area contributed by atoms with Crippen molar-refractivity contribution in [3.8, 4) is 11.4 Å². The Morgan fingerprint density at radius 2 is 1.93 bits per heavy atom. The molecule has 3 N–H and O–H groups in total. The second-order valence-electron chi connectivity index (χ2n) is 5.86. The predicted molar refractivity (Wildman–Crippen MR) is 99.9 cm³/mol. The molecule has 0 fully saturated rings. The van der Waals surface area contributed by atoms with Gasteiger partial charge in [0.2, 0.25) is 23.5 Å². The van der Waals surface area contributed by atoms with E-state index in [1.165, 1.54) is 0 Å². The summed E-state index contributed by atoms with van der Waals surface area (Å²) >= 11 is 5.86. The Morgan fingerprint density at radius 3 is 2.67 bits per heavy atom. The summed E-state index contributed by atoms with van der Waals surface area (Å²) in [6.45, 7) is 0.305. The summed E-state index contributed by atoms with van der Waals surface area (Å²) in [5.74, 6) is 0.165. The SMILES string of the molecule is NC(=O)c1cccc(CNC(=O)CCc2nc(-c3ccc(Cl)cc3)no2)c1. The minimum atomic E-state index is -0.504. The molecule has 0 aliphatic carbocycles. The Kier molecular flexibility index (Phi) is 5.83. The molecule has 0 spiro atoms. The van der Waals surface area contributed by atoms with Gasteiger partial charge < -0.3 is 15.6 Å². The molecule has 0 aliphatic heterocycles. The zero-order chi connectivity index (χ0) is 19.2. The summed E-state index contributed by atoms with van der Waals surface area (Å²) in [4.78, 5) is 27.5. The zero-order valence-corrected chi connectivity index (χ0v) is 15.1. The zero-order valence-electron chi connectivity index (χ0n) is 14.3. The topological polar surface area (TPSA) is 111 Å². The number of nitrogens with one attached hydrogen (secondary N) is 1. The van der Waals surface area contributed by atoms with Gasteiger partial charge in [0, 0.05) is 35.5 Å². The van der Waals surface area contributed by atoms with Gasteiger partial charge in [-0.3, -0.25) is 9.59 Å². The third-order valence-electron chi connectivity index (χ3n) is 3.84. The average molecular weight is 385 g/mol. The van der Waals surface area contributed by atoms with Crippen LogP contribution in [0.1, 0.15) is 28.2 Å². The molecule has 7 nitrogen and oxygen atoms in total. The summed E-state index contributed by atoms with van der Waals surface area (Å²) < 4.78 is 5.18. The second-order valence-corrected chi connectivity index (χ2v) is 6.30. The number of aromatic nitrogens is 2. The number of aryl methyl sites for hydroxylation is 1. The fourth-order valence-electron chi connectivity index (χ4n) is 2.42. The Morgan fingerprint density at radius 1 is 1.15 bits per heavy atom. The van der Waals surface area contributed by atoms with E-state index in [1.54, 1.807) is 42.5 Å². The van der Waals surface area contributed by atoms with Crippen molar-refractivity contribution in [1.29, 1.82) is 0 Å². The molecule has 3 rings (SSSR count). The van der Waals surface area contributed by atoms with E-state index in [4.69, 9.17) is 21.9 Å². The van der Waals surface area contributed by atoms with Crippen LogP contribution in [0.15, 0.2) is 53.1 Å². The van der Waals surface area contributed by atoms with Crippen LogP contribution in [0.2, 0.25) is 5.02 Å². The van der Waals surface area contributed by atoms with E-state index in [0.717, 1.165) is 11.1 Å². The van der Waals surface area contributed by atoms with E-state index in [1.807, 2.05) is 6.07 Å². The molecule has 1 heterocycles. The molecule has 0 aliphatic rings. The molecular formula is C19H17ClN4O3. The minimum Gasteiger partial charge on any atom is -0.366 e. The number of primary amides is 1. The fraction of sp³-hybridized carbons (Fsp3) is 0.158. The van der Waals surface area contributed by atoms with Crippen molar-refractivity contribution in [3.63, 3.8) is 0 Å². The van der Waals surface area contributed by atoms with Crippen molar-refractivity contribution < 1.29 is 14.1 Å². The van der Waals surface area contributed by atoms with E-state index in [-0.39, 0.29) is 12.3 Å². The first-order valence-electron chi connectivity index (χ1n) is 8.25. The van der Waals surface area contributed by atoms with Gasteiger partial charge in [-0.2, -0.15) is 4.98 Å². The predicted octanol–water partition coefficient (Wildman–Crippen LogP) is 2.74. The third kappa shape index (κ3) is 5.15. The van der Waals surface area contributed by atoms with Gasteiger partial charge in [-0.25, -0.2) is 0 Å². The summed E-state index contributed by atoms with van der Waals surface area (Å²) in [6, 6.07) is 13.9. The van der Waals surface area contributed by atoms with Gasteiger partial charge in [-0.05, 0) is 42.0 Å². The molecule has 0 saturated carbocycles. The standard InChI is InChI=1S/C19H17ClN4O3/c20-15-6-4-13(5-7-15)19-23-17(27-24-19)9-8-16(25)22-11-12-2-1-3-14(10-12)18(21)26/h1-7,10H,8-9,11H2,(H2,21,26)(H,22,25).